The second-order valence-electron chi connectivity index (χ2n) is 9.47. The van der Waals surface area contributed by atoms with Crippen LogP contribution in [0.5, 0.6) is 0 Å². The van der Waals surface area contributed by atoms with Crippen molar-refractivity contribution in [3.63, 3.8) is 0 Å². The third-order valence-corrected chi connectivity index (χ3v) is 6.72. The fourth-order valence-corrected chi connectivity index (χ4v) is 5.12. The number of aliphatic hydroxyl groups is 1. The summed E-state index contributed by atoms with van der Waals surface area (Å²) in [7, 11) is 0. The SMILES string of the molecule is CC(C)(C)O.CCOC(=O)Cc1c(C)cc2nc(-c3cc(Cl)ncc3C(F)F)sc2c1-c1ccc(Cl)cc1. The van der Waals surface area contributed by atoms with E-state index in [0.717, 1.165) is 33.2 Å². The molecule has 0 bridgehead atoms. The van der Waals surface area contributed by atoms with Crippen molar-refractivity contribution in [1.29, 1.82) is 0 Å². The summed E-state index contributed by atoms with van der Waals surface area (Å²) in [6, 6.07) is 10.5. The number of fused-ring (bicyclic) bond motifs is 1. The van der Waals surface area contributed by atoms with Gasteiger partial charge in [-0.1, -0.05) is 35.3 Å². The summed E-state index contributed by atoms with van der Waals surface area (Å²) in [6.07, 6.45) is -1.58. The highest BCUT2D eigenvalue weighted by atomic mass is 35.5. The van der Waals surface area contributed by atoms with Crippen molar-refractivity contribution >= 4 is 50.7 Å². The average Bonchev–Trinajstić information content (AvgIpc) is 3.22. The van der Waals surface area contributed by atoms with E-state index >= 15 is 0 Å². The molecular weight excluding hydrogens is 553 g/mol. The lowest BCUT2D eigenvalue weighted by Crippen LogP contribution is -2.10. The van der Waals surface area contributed by atoms with Crippen LogP contribution in [0.1, 0.15) is 50.8 Å². The topological polar surface area (TPSA) is 72.3 Å². The zero-order chi connectivity index (χ0) is 28.2. The summed E-state index contributed by atoms with van der Waals surface area (Å²) in [4.78, 5) is 20.8. The van der Waals surface area contributed by atoms with Crippen LogP contribution in [-0.2, 0) is 16.0 Å². The lowest BCUT2D eigenvalue weighted by Gasteiger charge is -2.14. The number of aromatic nitrogens is 2. The maximum absolute atomic E-state index is 13.7. The summed E-state index contributed by atoms with van der Waals surface area (Å²) in [5, 5.41) is 9.60. The van der Waals surface area contributed by atoms with Crippen molar-refractivity contribution in [3.8, 4) is 21.7 Å². The number of carbonyl (C=O) groups is 1. The van der Waals surface area contributed by atoms with Gasteiger partial charge in [0.05, 0.1) is 28.8 Å². The molecular formula is C28H28Cl2F2N2O3S. The van der Waals surface area contributed by atoms with Crippen LogP contribution in [0, 0.1) is 6.92 Å². The molecule has 10 heteroatoms. The van der Waals surface area contributed by atoms with Crippen LogP contribution in [0.25, 0.3) is 31.9 Å². The molecule has 4 aromatic rings. The Morgan fingerprint density at radius 3 is 2.37 bits per heavy atom. The lowest BCUT2D eigenvalue weighted by atomic mass is 9.93. The van der Waals surface area contributed by atoms with E-state index in [1.54, 1.807) is 39.8 Å². The van der Waals surface area contributed by atoms with Gasteiger partial charge in [-0.2, -0.15) is 0 Å². The molecule has 1 N–H and O–H groups in total. The molecule has 0 atom stereocenters. The van der Waals surface area contributed by atoms with Gasteiger partial charge in [-0.05, 0) is 75.6 Å². The first-order chi connectivity index (χ1) is 17.8. The summed E-state index contributed by atoms with van der Waals surface area (Å²) in [5.74, 6) is -0.346. The highest BCUT2D eigenvalue weighted by molar-refractivity contribution is 7.22. The molecule has 2 aromatic carbocycles. The molecule has 202 valence electrons. The summed E-state index contributed by atoms with van der Waals surface area (Å²) in [5.41, 5.74) is 3.41. The van der Waals surface area contributed by atoms with Gasteiger partial charge >= 0.3 is 5.97 Å². The molecule has 0 saturated carbocycles. The Bertz CT molecular complexity index is 1430. The molecule has 4 rings (SSSR count). The minimum absolute atomic E-state index is 0.0736. The normalized spacial score (nSPS) is 11.4. The number of benzene rings is 2. The maximum atomic E-state index is 13.7. The van der Waals surface area contributed by atoms with Crippen molar-refractivity contribution in [3.05, 3.63) is 69.5 Å². The van der Waals surface area contributed by atoms with Gasteiger partial charge in [-0.3, -0.25) is 4.79 Å². The van der Waals surface area contributed by atoms with Crippen molar-refractivity contribution < 1.29 is 23.4 Å². The zero-order valence-corrected chi connectivity index (χ0v) is 23.9. The monoisotopic (exact) mass is 580 g/mol. The van der Waals surface area contributed by atoms with Crippen LogP contribution in [-0.4, -0.2) is 33.3 Å². The van der Waals surface area contributed by atoms with Gasteiger partial charge in [0.15, 0.2) is 0 Å². The van der Waals surface area contributed by atoms with Crippen LogP contribution < -0.4 is 0 Å². The van der Waals surface area contributed by atoms with Crippen molar-refractivity contribution in [2.45, 2.75) is 53.1 Å². The van der Waals surface area contributed by atoms with Crippen LogP contribution in [0.4, 0.5) is 8.78 Å². The van der Waals surface area contributed by atoms with Gasteiger partial charge in [0, 0.05) is 27.9 Å². The second kappa shape index (κ2) is 12.5. The quantitative estimate of drug-likeness (QED) is 0.183. The number of ether oxygens (including phenoxy) is 1. The van der Waals surface area contributed by atoms with Crippen molar-refractivity contribution in [1.82, 2.24) is 9.97 Å². The van der Waals surface area contributed by atoms with E-state index < -0.39 is 12.0 Å². The second-order valence-corrected chi connectivity index (χ2v) is 11.3. The van der Waals surface area contributed by atoms with E-state index in [0.29, 0.717) is 15.5 Å². The number of carbonyl (C=O) groups excluding carboxylic acids is 1. The molecule has 0 aliphatic rings. The number of thiazole rings is 1. The number of pyridine rings is 1. The van der Waals surface area contributed by atoms with Gasteiger partial charge in [0.1, 0.15) is 10.2 Å². The Kier molecular flexibility index (Phi) is 9.81. The van der Waals surface area contributed by atoms with Gasteiger partial charge in [-0.15, -0.1) is 11.3 Å². The number of aryl methyl sites for hydroxylation is 1. The highest BCUT2D eigenvalue weighted by Crippen LogP contribution is 2.43. The lowest BCUT2D eigenvalue weighted by molar-refractivity contribution is -0.142. The molecule has 0 saturated heterocycles. The van der Waals surface area contributed by atoms with E-state index in [-0.39, 0.29) is 35.3 Å². The number of esters is 1. The van der Waals surface area contributed by atoms with Crippen molar-refractivity contribution in [2.75, 3.05) is 6.61 Å². The number of alkyl halides is 2. The minimum atomic E-state index is -2.73. The molecule has 0 radical (unpaired) electrons. The molecule has 2 heterocycles. The first-order valence-electron chi connectivity index (χ1n) is 11.8. The Balaban J connectivity index is 0.000000732. The zero-order valence-electron chi connectivity index (χ0n) is 21.6. The largest absolute Gasteiger partial charge is 0.466 e. The van der Waals surface area contributed by atoms with E-state index in [4.69, 9.17) is 33.0 Å². The highest BCUT2D eigenvalue weighted by Gasteiger charge is 2.23. The fraction of sp³-hybridized carbons (Fsp3) is 0.321. The summed E-state index contributed by atoms with van der Waals surface area (Å²) >= 11 is 13.4. The molecule has 0 amide bonds. The van der Waals surface area contributed by atoms with Gasteiger partial charge in [-0.25, -0.2) is 18.7 Å². The number of hydrogen-bond acceptors (Lipinski definition) is 6. The van der Waals surface area contributed by atoms with Crippen LogP contribution in [0.2, 0.25) is 10.2 Å². The third kappa shape index (κ3) is 7.69. The standard InChI is InChI=1S/C24H18Cl2F2N2O2S.C4H10O/c1-3-32-20(31)10-15-12(2)8-18-22(21(15)13-4-6-14(25)7-5-13)33-24(30-18)16-9-19(26)29-11-17(16)23(27)28;1-4(2,3)5/h4-9,11,23H,3,10H2,1-2H3;5H,1-3H3. The predicted molar refractivity (Wildman–Crippen MR) is 150 cm³/mol. The van der Waals surface area contributed by atoms with Crippen LogP contribution in [0.3, 0.4) is 0 Å². The van der Waals surface area contributed by atoms with E-state index in [2.05, 4.69) is 9.97 Å². The molecule has 2 aromatic heterocycles. The van der Waals surface area contributed by atoms with E-state index in [1.807, 2.05) is 25.1 Å². The minimum Gasteiger partial charge on any atom is -0.466 e. The number of hydrogen-bond donors (Lipinski definition) is 1. The molecule has 0 fully saturated rings. The number of halogens is 4. The van der Waals surface area contributed by atoms with Crippen LogP contribution >= 0.6 is 34.5 Å². The fourth-order valence-electron chi connectivity index (χ4n) is 3.66. The molecule has 0 aliphatic heterocycles. The van der Waals surface area contributed by atoms with Gasteiger partial charge < -0.3 is 9.84 Å². The molecule has 0 unspecified atom stereocenters. The first-order valence-corrected chi connectivity index (χ1v) is 13.4. The summed E-state index contributed by atoms with van der Waals surface area (Å²) in [6.45, 7) is 9.15. The average molecular weight is 582 g/mol. The van der Waals surface area contributed by atoms with E-state index in [1.165, 1.54) is 17.4 Å². The molecule has 0 aliphatic carbocycles. The van der Waals surface area contributed by atoms with Crippen molar-refractivity contribution in [2.24, 2.45) is 0 Å². The number of nitrogens with zero attached hydrogens (tertiary/aromatic N) is 2. The van der Waals surface area contributed by atoms with Gasteiger partial charge in [0.2, 0.25) is 0 Å². The molecule has 38 heavy (non-hydrogen) atoms. The van der Waals surface area contributed by atoms with Gasteiger partial charge in [0.25, 0.3) is 6.43 Å². The number of rotatable bonds is 6. The smallest absolute Gasteiger partial charge is 0.310 e. The summed E-state index contributed by atoms with van der Waals surface area (Å²) < 4.78 is 33.3. The third-order valence-electron chi connectivity index (χ3n) is 5.14. The Morgan fingerprint density at radius 2 is 1.79 bits per heavy atom. The predicted octanol–water partition coefficient (Wildman–Crippen LogP) is 8.46. The Morgan fingerprint density at radius 1 is 1.16 bits per heavy atom. The molecule has 5 nitrogen and oxygen atoms in total. The Labute approximate surface area is 234 Å². The Hall–Kier alpha value is -2.65. The molecule has 0 spiro atoms. The van der Waals surface area contributed by atoms with Crippen LogP contribution in [0.15, 0.2) is 42.6 Å². The first kappa shape index (κ1) is 29.9. The maximum Gasteiger partial charge on any atom is 0.310 e. The van der Waals surface area contributed by atoms with E-state index in [9.17, 15) is 13.6 Å².